The summed E-state index contributed by atoms with van der Waals surface area (Å²) in [7, 11) is 0. The maximum Gasteiger partial charge on any atom is 0.417 e. The van der Waals surface area contributed by atoms with Crippen molar-refractivity contribution in [3.05, 3.63) is 59.1 Å². The lowest BCUT2D eigenvalue weighted by atomic mass is 10.2. The Balaban J connectivity index is 1.69. The summed E-state index contributed by atoms with van der Waals surface area (Å²) in [6.45, 7) is -0.169. The average Bonchev–Trinajstić information content (AvgIpc) is 3.02. The molecule has 24 heavy (non-hydrogen) atoms. The summed E-state index contributed by atoms with van der Waals surface area (Å²) in [5, 5.41) is 7.41. The lowest BCUT2D eigenvalue weighted by Gasteiger charge is -2.09. The van der Waals surface area contributed by atoms with E-state index in [1.54, 1.807) is 12.1 Å². The Morgan fingerprint density at radius 3 is 2.54 bits per heavy atom. The number of alkyl halides is 3. The Morgan fingerprint density at radius 2 is 1.88 bits per heavy atom. The largest absolute Gasteiger partial charge is 0.467 e. The Labute approximate surface area is 139 Å². The summed E-state index contributed by atoms with van der Waals surface area (Å²) in [6, 6.07) is 9.83. The Hall–Kier alpha value is -2.61. The first-order valence-electron chi connectivity index (χ1n) is 6.67. The van der Waals surface area contributed by atoms with E-state index in [2.05, 4.69) is 15.2 Å². The van der Waals surface area contributed by atoms with Gasteiger partial charge in [-0.3, -0.25) is 0 Å². The zero-order valence-electron chi connectivity index (χ0n) is 11.9. The number of nitrogens with zero attached hydrogens (tertiary/aromatic N) is 3. The van der Waals surface area contributed by atoms with Crippen LogP contribution in [0.2, 0.25) is 5.02 Å². The molecule has 0 unspecified atom stereocenters. The minimum Gasteiger partial charge on any atom is -0.467 e. The lowest BCUT2D eigenvalue weighted by molar-refractivity contribution is -0.137. The van der Waals surface area contributed by atoms with E-state index < -0.39 is 11.7 Å². The molecule has 0 N–H and O–H groups in total. The van der Waals surface area contributed by atoms with Crippen molar-refractivity contribution < 1.29 is 22.3 Å². The highest BCUT2D eigenvalue weighted by molar-refractivity contribution is 6.31. The number of hydrogen-bond donors (Lipinski definition) is 0. The van der Waals surface area contributed by atoms with Crippen molar-refractivity contribution in [1.29, 1.82) is 0 Å². The van der Waals surface area contributed by atoms with E-state index in [0.29, 0.717) is 12.1 Å². The average molecular weight is 356 g/mol. The fourth-order valence-electron chi connectivity index (χ4n) is 1.83. The van der Waals surface area contributed by atoms with Gasteiger partial charge in [-0.05, 0) is 18.2 Å². The van der Waals surface area contributed by atoms with Gasteiger partial charge in [0.05, 0.1) is 5.56 Å². The van der Waals surface area contributed by atoms with E-state index in [1.807, 2.05) is 18.2 Å². The molecule has 124 valence electrons. The minimum absolute atomic E-state index is 0.145. The van der Waals surface area contributed by atoms with Gasteiger partial charge in [-0.15, -0.1) is 10.2 Å². The molecule has 2 heterocycles. The van der Waals surface area contributed by atoms with Gasteiger partial charge in [0.2, 0.25) is 11.8 Å². The van der Waals surface area contributed by atoms with Crippen molar-refractivity contribution in [1.82, 2.24) is 15.2 Å². The molecule has 2 aromatic heterocycles. The van der Waals surface area contributed by atoms with Crippen molar-refractivity contribution in [2.24, 2.45) is 0 Å². The summed E-state index contributed by atoms with van der Waals surface area (Å²) in [4.78, 5) is 3.56. The van der Waals surface area contributed by atoms with Crippen molar-refractivity contribution in [3.63, 3.8) is 0 Å². The number of rotatable bonds is 4. The second kappa shape index (κ2) is 6.48. The molecule has 3 aromatic rings. The van der Waals surface area contributed by atoms with Crippen molar-refractivity contribution in [3.8, 4) is 17.3 Å². The zero-order valence-corrected chi connectivity index (χ0v) is 12.7. The smallest absolute Gasteiger partial charge is 0.417 e. The molecule has 9 heteroatoms. The van der Waals surface area contributed by atoms with E-state index in [9.17, 15) is 13.2 Å². The number of halogens is 4. The van der Waals surface area contributed by atoms with Gasteiger partial charge < -0.3 is 9.15 Å². The molecule has 0 saturated carbocycles. The summed E-state index contributed by atoms with van der Waals surface area (Å²) >= 11 is 5.75. The van der Waals surface area contributed by atoms with E-state index in [4.69, 9.17) is 20.8 Å². The quantitative estimate of drug-likeness (QED) is 0.695. The third kappa shape index (κ3) is 3.65. The van der Waals surface area contributed by atoms with E-state index >= 15 is 0 Å². The summed E-state index contributed by atoms with van der Waals surface area (Å²) < 4.78 is 48.3. The maximum absolute atomic E-state index is 12.5. The highest BCUT2D eigenvalue weighted by Crippen LogP contribution is 2.33. The van der Waals surface area contributed by atoms with E-state index in [1.165, 1.54) is 0 Å². The number of benzene rings is 1. The maximum atomic E-state index is 12.5. The third-order valence-electron chi connectivity index (χ3n) is 2.95. The number of aromatic nitrogens is 3. The monoisotopic (exact) mass is 355 g/mol. The van der Waals surface area contributed by atoms with Crippen molar-refractivity contribution >= 4 is 11.6 Å². The van der Waals surface area contributed by atoms with Crippen LogP contribution in [0.15, 0.2) is 47.0 Å². The Kier molecular flexibility index (Phi) is 4.39. The first kappa shape index (κ1) is 16.3. The second-order valence-electron chi connectivity index (χ2n) is 4.66. The standard InChI is InChI=1S/C15H9ClF3N3O2/c16-11-6-10(15(17,18)19)7-20-14(11)23-8-12-21-22-13(24-12)9-4-2-1-3-5-9/h1-7H,8H2. The zero-order chi connectivity index (χ0) is 17.2. The van der Waals surface area contributed by atoms with Crippen LogP contribution in [0.5, 0.6) is 5.88 Å². The van der Waals surface area contributed by atoms with Gasteiger partial charge in [0.25, 0.3) is 5.89 Å². The van der Waals surface area contributed by atoms with E-state index in [-0.39, 0.29) is 23.4 Å². The van der Waals surface area contributed by atoms with Crippen LogP contribution in [0.3, 0.4) is 0 Å². The highest BCUT2D eigenvalue weighted by Gasteiger charge is 2.31. The Morgan fingerprint density at radius 1 is 1.12 bits per heavy atom. The van der Waals surface area contributed by atoms with Gasteiger partial charge in [-0.25, -0.2) is 4.98 Å². The van der Waals surface area contributed by atoms with Gasteiger partial charge >= 0.3 is 6.18 Å². The van der Waals surface area contributed by atoms with Crippen LogP contribution < -0.4 is 4.74 Å². The van der Waals surface area contributed by atoms with Crippen LogP contribution in [-0.2, 0) is 12.8 Å². The van der Waals surface area contributed by atoms with Crippen LogP contribution in [0.1, 0.15) is 11.5 Å². The molecule has 0 spiro atoms. The van der Waals surface area contributed by atoms with Crippen LogP contribution in [0.4, 0.5) is 13.2 Å². The SMILES string of the molecule is FC(F)(F)c1cnc(OCc2nnc(-c3ccccc3)o2)c(Cl)c1. The topological polar surface area (TPSA) is 61.0 Å². The molecule has 0 bridgehead atoms. The fourth-order valence-corrected chi connectivity index (χ4v) is 2.05. The van der Waals surface area contributed by atoms with Gasteiger partial charge in [-0.1, -0.05) is 29.8 Å². The van der Waals surface area contributed by atoms with E-state index in [0.717, 1.165) is 11.6 Å². The number of pyridine rings is 1. The Bertz CT molecular complexity index is 837. The molecule has 3 rings (SSSR count). The third-order valence-corrected chi connectivity index (χ3v) is 3.23. The van der Waals surface area contributed by atoms with Crippen LogP contribution >= 0.6 is 11.6 Å². The predicted molar refractivity (Wildman–Crippen MR) is 78.3 cm³/mol. The predicted octanol–water partition coefficient (Wildman–Crippen LogP) is 4.38. The molecular weight excluding hydrogens is 347 g/mol. The second-order valence-corrected chi connectivity index (χ2v) is 5.07. The molecule has 0 aliphatic carbocycles. The first-order chi connectivity index (χ1) is 11.4. The van der Waals surface area contributed by atoms with Gasteiger partial charge in [0.1, 0.15) is 5.02 Å². The summed E-state index contributed by atoms with van der Waals surface area (Å²) in [5.41, 5.74) is -0.217. The molecule has 0 amide bonds. The molecule has 0 aliphatic rings. The fraction of sp³-hybridized carbons (Fsp3) is 0.133. The molecule has 1 aromatic carbocycles. The number of hydrogen-bond acceptors (Lipinski definition) is 5. The highest BCUT2D eigenvalue weighted by atomic mass is 35.5. The minimum atomic E-state index is -4.52. The van der Waals surface area contributed by atoms with Crippen LogP contribution in [0.25, 0.3) is 11.5 Å². The molecule has 0 aliphatic heterocycles. The number of ether oxygens (including phenoxy) is 1. The van der Waals surface area contributed by atoms with Crippen LogP contribution in [-0.4, -0.2) is 15.2 Å². The summed E-state index contributed by atoms with van der Waals surface area (Å²) in [5.74, 6) is 0.302. The van der Waals surface area contributed by atoms with Gasteiger partial charge in [-0.2, -0.15) is 13.2 Å². The molecule has 0 fully saturated rings. The van der Waals surface area contributed by atoms with Crippen molar-refractivity contribution in [2.45, 2.75) is 12.8 Å². The molecule has 0 saturated heterocycles. The normalized spacial score (nSPS) is 11.5. The molecule has 0 radical (unpaired) electrons. The molecule has 0 atom stereocenters. The van der Waals surface area contributed by atoms with Crippen molar-refractivity contribution in [2.75, 3.05) is 0 Å². The summed E-state index contributed by atoms with van der Waals surface area (Å²) in [6.07, 6.45) is -3.88. The first-order valence-corrected chi connectivity index (χ1v) is 7.04. The molecular formula is C15H9ClF3N3O2. The van der Waals surface area contributed by atoms with Crippen LogP contribution in [0, 0.1) is 0 Å². The van der Waals surface area contributed by atoms with Gasteiger partial charge in [0.15, 0.2) is 6.61 Å². The molecule has 5 nitrogen and oxygen atoms in total. The van der Waals surface area contributed by atoms with Gasteiger partial charge in [0, 0.05) is 11.8 Å². The lowest BCUT2D eigenvalue weighted by Crippen LogP contribution is -2.06.